The molecule has 0 amide bonds. The molecule has 0 spiro atoms. The van der Waals surface area contributed by atoms with Gasteiger partial charge in [-0.05, 0) is 86.4 Å². The fourth-order valence-electron chi connectivity index (χ4n) is 5.33. The molecule has 4 aromatic rings. The smallest absolute Gasteiger partial charge is 0.174 e. The van der Waals surface area contributed by atoms with Gasteiger partial charge in [-0.15, -0.1) is 0 Å². The van der Waals surface area contributed by atoms with Crippen LogP contribution in [0.2, 0.25) is 0 Å². The number of benzene rings is 2. The predicted octanol–water partition coefficient (Wildman–Crippen LogP) is 6.68. The molecule has 2 aromatic heterocycles. The van der Waals surface area contributed by atoms with Crippen molar-refractivity contribution in [2.45, 2.75) is 46.2 Å². The Morgan fingerprint density at radius 3 is 2.49 bits per heavy atom. The molecule has 2 aromatic carbocycles. The molecular weight excluding hydrogens is 455 g/mol. The molecule has 0 saturated carbocycles. The zero-order chi connectivity index (χ0) is 24.7. The van der Waals surface area contributed by atoms with E-state index in [9.17, 15) is 0 Å². The van der Waals surface area contributed by atoms with Gasteiger partial charge in [0.1, 0.15) is 5.82 Å². The lowest BCUT2D eigenvalue weighted by atomic mass is 9.96. The Labute approximate surface area is 211 Å². The molecule has 5 rings (SSSR count). The van der Waals surface area contributed by atoms with E-state index in [4.69, 9.17) is 12.2 Å². The Morgan fingerprint density at radius 2 is 1.77 bits per heavy atom. The minimum atomic E-state index is -0.302. The highest BCUT2D eigenvalue weighted by Crippen LogP contribution is 2.44. The van der Waals surface area contributed by atoms with Gasteiger partial charge < -0.3 is 14.8 Å². The number of thiocarbonyl (C=S) groups is 1. The largest absolute Gasteiger partial charge is 0.351 e. The molecule has 3 heterocycles. The molecule has 6 heteroatoms. The van der Waals surface area contributed by atoms with Gasteiger partial charge in [0.25, 0.3) is 0 Å². The van der Waals surface area contributed by atoms with Crippen LogP contribution in [0.4, 0.5) is 10.1 Å². The van der Waals surface area contributed by atoms with Crippen molar-refractivity contribution < 1.29 is 4.39 Å². The Balaban J connectivity index is 1.73. The highest BCUT2D eigenvalue weighted by Gasteiger charge is 2.43. The van der Waals surface area contributed by atoms with E-state index in [2.05, 4.69) is 66.8 Å². The number of anilines is 1. The number of aryl methyl sites for hydroxylation is 3. The van der Waals surface area contributed by atoms with Crippen molar-refractivity contribution in [3.8, 4) is 5.69 Å². The van der Waals surface area contributed by atoms with Crippen molar-refractivity contribution in [1.82, 2.24) is 14.9 Å². The molecule has 0 radical (unpaired) electrons. The van der Waals surface area contributed by atoms with E-state index in [0.29, 0.717) is 10.8 Å². The summed E-state index contributed by atoms with van der Waals surface area (Å²) in [7, 11) is 0. The number of halogens is 1. The third kappa shape index (κ3) is 3.92. The molecule has 1 aliphatic heterocycles. The topological polar surface area (TPSA) is 33.1 Å². The van der Waals surface area contributed by atoms with E-state index in [0.717, 1.165) is 29.1 Å². The normalized spacial score (nSPS) is 17.6. The number of hydrogen-bond acceptors (Lipinski definition) is 2. The predicted molar refractivity (Wildman–Crippen MR) is 144 cm³/mol. The van der Waals surface area contributed by atoms with Gasteiger partial charge in [-0.3, -0.25) is 4.98 Å². The van der Waals surface area contributed by atoms with Gasteiger partial charge in [-0.25, -0.2) is 4.39 Å². The highest BCUT2D eigenvalue weighted by atomic mass is 32.1. The monoisotopic (exact) mass is 484 g/mol. The van der Waals surface area contributed by atoms with Crippen molar-refractivity contribution >= 4 is 23.0 Å². The van der Waals surface area contributed by atoms with Crippen molar-refractivity contribution in [2.24, 2.45) is 0 Å². The van der Waals surface area contributed by atoms with E-state index in [1.165, 1.54) is 22.9 Å². The molecule has 2 atom stereocenters. The summed E-state index contributed by atoms with van der Waals surface area (Å²) >= 11 is 5.79. The first-order valence-corrected chi connectivity index (χ1v) is 12.4. The van der Waals surface area contributed by atoms with E-state index < -0.39 is 0 Å². The maximum absolute atomic E-state index is 15.1. The van der Waals surface area contributed by atoms with Gasteiger partial charge in [0.2, 0.25) is 0 Å². The van der Waals surface area contributed by atoms with Gasteiger partial charge in [-0.1, -0.05) is 43.3 Å². The average Bonchev–Trinajstić information content (AvgIpc) is 3.35. The van der Waals surface area contributed by atoms with Gasteiger partial charge in [0.05, 0.1) is 29.2 Å². The Bertz CT molecular complexity index is 1400. The molecule has 0 bridgehead atoms. The number of pyridine rings is 1. The molecule has 1 fully saturated rings. The molecule has 1 saturated heterocycles. The standard InChI is InChI=1S/C29H29FN4S/c1-5-21-12-10-11-18(2)27(21)33-19(3)17-22(20(33)4)28-26(24-14-8-9-16-31-24)32-29(35)34(28)25-15-7-6-13-23(25)30/h6-17,26,28H,5H2,1-4H3,(H,32,35)/t26-,28+/m1/s1. The van der Waals surface area contributed by atoms with Gasteiger partial charge >= 0.3 is 0 Å². The van der Waals surface area contributed by atoms with Gasteiger partial charge in [0.15, 0.2) is 5.11 Å². The van der Waals surface area contributed by atoms with Crippen molar-refractivity contribution in [2.75, 3.05) is 4.90 Å². The first-order valence-electron chi connectivity index (χ1n) is 11.9. The first-order chi connectivity index (χ1) is 16.9. The third-order valence-electron chi connectivity index (χ3n) is 6.92. The number of rotatable bonds is 5. The molecule has 0 aliphatic carbocycles. The number of nitrogens with zero attached hydrogens (tertiary/aromatic N) is 3. The van der Waals surface area contributed by atoms with E-state index in [1.807, 2.05) is 29.2 Å². The molecule has 178 valence electrons. The summed E-state index contributed by atoms with van der Waals surface area (Å²) < 4.78 is 17.4. The lowest BCUT2D eigenvalue weighted by Gasteiger charge is -2.28. The minimum Gasteiger partial charge on any atom is -0.351 e. The van der Waals surface area contributed by atoms with Crippen LogP contribution in [-0.4, -0.2) is 14.7 Å². The average molecular weight is 485 g/mol. The van der Waals surface area contributed by atoms with Crippen LogP contribution >= 0.6 is 12.2 Å². The third-order valence-corrected chi connectivity index (χ3v) is 7.24. The fourth-order valence-corrected chi connectivity index (χ4v) is 5.67. The van der Waals surface area contributed by atoms with Crippen molar-refractivity contribution in [3.63, 3.8) is 0 Å². The van der Waals surface area contributed by atoms with E-state index >= 15 is 4.39 Å². The van der Waals surface area contributed by atoms with Crippen LogP contribution in [0.15, 0.2) is 72.9 Å². The minimum absolute atomic E-state index is 0.222. The van der Waals surface area contributed by atoms with Crippen molar-refractivity contribution in [3.05, 3.63) is 113 Å². The van der Waals surface area contributed by atoms with Crippen LogP contribution in [-0.2, 0) is 6.42 Å². The van der Waals surface area contributed by atoms with Crippen LogP contribution < -0.4 is 10.2 Å². The fraction of sp³-hybridized carbons (Fsp3) is 0.241. The van der Waals surface area contributed by atoms with Crippen molar-refractivity contribution in [1.29, 1.82) is 0 Å². The maximum Gasteiger partial charge on any atom is 0.174 e. The summed E-state index contributed by atoms with van der Waals surface area (Å²) in [6.45, 7) is 8.61. The van der Waals surface area contributed by atoms with Crippen LogP contribution in [0, 0.1) is 26.6 Å². The quantitative estimate of drug-likeness (QED) is 0.321. The summed E-state index contributed by atoms with van der Waals surface area (Å²) in [6, 6.07) is 20.9. The van der Waals surface area contributed by atoms with Crippen LogP contribution in [0.25, 0.3) is 5.69 Å². The number of aromatic nitrogens is 2. The number of para-hydroxylation sites is 2. The second-order valence-electron chi connectivity index (χ2n) is 9.05. The Hall–Kier alpha value is -3.51. The van der Waals surface area contributed by atoms with Crippen LogP contribution in [0.5, 0.6) is 0 Å². The molecule has 35 heavy (non-hydrogen) atoms. The zero-order valence-corrected chi connectivity index (χ0v) is 21.2. The summed E-state index contributed by atoms with van der Waals surface area (Å²) in [5.74, 6) is -0.302. The lowest BCUT2D eigenvalue weighted by Crippen LogP contribution is -2.30. The first kappa shape index (κ1) is 23.2. The van der Waals surface area contributed by atoms with Gasteiger partial charge in [0, 0.05) is 17.6 Å². The summed E-state index contributed by atoms with van der Waals surface area (Å²) in [4.78, 5) is 6.54. The van der Waals surface area contributed by atoms with Gasteiger partial charge in [-0.2, -0.15) is 0 Å². The molecule has 1 N–H and O–H groups in total. The Morgan fingerprint density at radius 1 is 1.00 bits per heavy atom. The van der Waals surface area contributed by atoms with E-state index in [1.54, 1.807) is 18.3 Å². The zero-order valence-electron chi connectivity index (χ0n) is 20.4. The second kappa shape index (κ2) is 9.27. The summed E-state index contributed by atoms with van der Waals surface area (Å²) in [5, 5.41) is 3.93. The molecule has 4 nitrogen and oxygen atoms in total. The van der Waals surface area contributed by atoms with E-state index in [-0.39, 0.29) is 17.9 Å². The molecule has 1 aliphatic rings. The molecular formula is C29H29FN4S. The van der Waals surface area contributed by atoms with Crippen LogP contribution in [0.3, 0.4) is 0 Å². The molecule has 0 unspecified atom stereocenters. The highest BCUT2D eigenvalue weighted by molar-refractivity contribution is 7.80. The Kier molecular flexibility index (Phi) is 6.15. The van der Waals surface area contributed by atoms with Crippen LogP contribution in [0.1, 0.15) is 52.8 Å². The SMILES string of the molecule is CCc1cccc(C)c1-n1c(C)cc([C@H]2[C@@H](c3ccccn3)NC(=S)N2c2ccccc2F)c1C. The second-order valence-corrected chi connectivity index (χ2v) is 9.43. The number of nitrogens with one attached hydrogen (secondary N) is 1. The number of hydrogen-bond donors (Lipinski definition) is 1. The summed E-state index contributed by atoms with van der Waals surface area (Å²) in [6.07, 6.45) is 2.73. The summed E-state index contributed by atoms with van der Waals surface area (Å²) in [5.41, 5.74) is 8.42. The lowest BCUT2D eigenvalue weighted by molar-refractivity contribution is 0.556. The maximum atomic E-state index is 15.1.